The number of aromatic nitrogens is 5. The Kier molecular flexibility index (Phi) is 3.84. The fourth-order valence-electron chi connectivity index (χ4n) is 2.14. The fourth-order valence-corrected chi connectivity index (χ4v) is 2.14. The average molecular weight is 308 g/mol. The van der Waals surface area contributed by atoms with Gasteiger partial charge in [0.05, 0.1) is 0 Å². The van der Waals surface area contributed by atoms with Gasteiger partial charge < -0.3 is 0 Å². The second-order valence-electron chi connectivity index (χ2n) is 5.22. The number of nitrogens with one attached hydrogen (secondary N) is 1. The Labute approximate surface area is 133 Å². The molecule has 116 valence electrons. The zero-order chi connectivity index (χ0) is 16.4. The van der Waals surface area contributed by atoms with E-state index < -0.39 is 0 Å². The van der Waals surface area contributed by atoms with Crippen molar-refractivity contribution < 1.29 is 4.79 Å². The van der Waals surface area contributed by atoms with Gasteiger partial charge in [-0.1, -0.05) is 6.07 Å². The van der Waals surface area contributed by atoms with E-state index in [0.717, 1.165) is 22.6 Å². The normalized spacial score (nSPS) is 10.6. The van der Waals surface area contributed by atoms with Crippen LogP contribution in [0.1, 0.15) is 27.3 Å². The van der Waals surface area contributed by atoms with Crippen molar-refractivity contribution in [1.29, 1.82) is 0 Å². The molecule has 1 N–H and O–H groups in total. The first-order valence-corrected chi connectivity index (χ1v) is 7.13. The Morgan fingerprint density at radius 2 is 1.70 bits per heavy atom. The molecule has 0 bridgehead atoms. The fraction of sp³-hybridized carbons (Fsp3) is 0.188. The molecule has 0 unspecified atom stereocenters. The molecule has 2 aromatic heterocycles. The van der Waals surface area contributed by atoms with Crippen molar-refractivity contribution in [3.8, 4) is 5.69 Å². The predicted molar refractivity (Wildman–Crippen MR) is 85.6 cm³/mol. The Balaban J connectivity index is 1.85. The number of hydrogen-bond donors (Lipinski definition) is 1. The van der Waals surface area contributed by atoms with Gasteiger partial charge in [-0.3, -0.25) is 14.7 Å². The van der Waals surface area contributed by atoms with E-state index in [1.807, 2.05) is 26.8 Å². The molecule has 0 fully saturated rings. The summed E-state index contributed by atoms with van der Waals surface area (Å²) in [5.74, 6) is 0.0490. The number of carbonyl (C=O) groups excluding carboxylic acids is 1. The van der Waals surface area contributed by atoms with Crippen molar-refractivity contribution in [3.05, 3.63) is 59.4 Å². The van der Waals surface area contributed by atoms with Crippen molar-refractivity contribution in [3.63, 3.8) is 0 Å². The Hall–Kier alpha value is -3.09. The second-order valence-corrected chi connectivity index (χ2v) is 5.22. The largest absolute Gasteiger partial charge is 0.290 e. The lowest BCUT2D eigenvalue weighted by atomic mass is 10.2. The average Bonchev–Trinajstić information content (AvgIpc) is 3.07. The number of benzene rings is 1. The third-order valence-corrected chi connectivity index (χ3v) is 3.68. The van der Waals surface area contributed by atoms with E-state index in [2.05, 4.69) is 25.5 Å². The van der Waals surface area contributed by atoms with Crippen LogP contribution in [0.4, 0.5) is 5.95 Å². The third kappa shape index (κ3) is 3.08. The number of anilines is 1. The highest BCUT2D eigenvalue weighted by Gasteiger charge is 2.11. The molecule has 1 aromatic carbocycles. The van der Waals surface area contributed by atoms with E-state index in [4.69, 9.17) is 0 Å². The summed E-state index contributed by atoms with van der Waals surface area (Å²) in [6.45, 7) is 5.75. The van der Waals surface area contributed by atoms with Crippen molar-refractivity contribution in [2.24, 2.45) is 0 Å². The Morgan fingerprint density at radius 1 is 1.04 bits per heavy atom. The molecule has 0 aliphatic carbocycles. The molecule has 7 nitrogen and oxygen atoms in total. The number of aryl methyl sites for hydroxylation is 2. The summed E-state index contributed by atoms with van der Waals surface area (Å²) in [5.41, 5.74) is 4.05. The van der Waals surface area contributed by atoms with Crippen LogP contribution in [0.15, 0.2) is 36.9 Å². The monoisotopic (exact) mass is 308 g/mol. The molecular formula is C16H16N6O. The second kappa shape index (κ2) is 5.96. The van der Waals surface area contributed by atoms with Gasteiger partial charge in [-0.2, -0.15) is 0 Å². The highest BCUT2D eigenvalue weighted by Crippen LogP contribution is 2.14. The van der Waals surface area contributed by atoms with Crippen LogP contribution < -0.4 is 5.32 Å². The highest BCUT2D eigenvalue weighted by atomic mass is 16.1. The molecule has 0 spiro atoms. The number of carbonyl (C=O) groups is 1. The first-order chi connectivity index (χ1) is 11.0. The Bertz CT molecular complexity index is 834. The van der Waals surface area contributed by atoms with Crippen LogP contribution >= 0.6 is 0 Å². The van der Waals surface area contributed by atoms with E-state index in [-0.39, 0.29) is 5.91 Å². The van der Waals surface area contributed by atoms with Crippen LogP contribution in [0.3, 0.4) is 0 Å². The smallest absolute Gasteiger partial charge is 0.258 e. The lowest BCUT2D eigenvalue weighted by molar-refractivity contribution is 0.102. The summed E-state index contributed by atoms with van der Waals surface area (Å²) in [5, 5.41) is 10.3. The number of amides is 1. The highest BCUT2D eigenvalue weighted by molar-refractivity contribution is 6.03. The van der Waals surface area contributed by atoms with E-state index in [0.29, 0.717) is 11.5 Å². The minimum Gasteiger partial charge on any atom is -0.290 e. The zero-order valence-electron chi connectivity index (χ0n) is 13.1. The maximum atomic E-state index is 12.4. The van der Waals surface area contributed by atoms with Gasteiger partial charge in [-0.15, -0.1) is 10.2 Å². The molecule has 23 heavy (non-hydrogen) atoms. The van der Waals surface area contributed by atoms with Crippen LogP contribution in [0, 0.1) is 20.8 Å². The zero-order valence-corrected chi connectivity index (χ0v) is 13.1. The molecule has 7 heteroatoms. The van der Waals surface area contributed by atoms with E-state index in [1.165, 1.54) is 0 Å². The van der Waals surface area contributed by atoms with Crippen molar-refractivity contribution in [2.75, 3.05) is 5.32 Å². The summed E-state index contributed by atoms with van der Waals surface area (Å²) < 4.78 is 1.73. The van der Waals surface area contributed by atoms with Crippen molar-refractivity contribution >= 4 is 11.9 Å². The van der Waals surface area contributed by atoms with E-state index in [1.54, 1.807) is 35.4 Å². The van der Waals surface area contributed by atoms with Crippen LogP contribution in [0.2, 0.25) is 0 Å². The van der Waals surface area contributed by atoms with Crippen molar-refractivity contribution in [2.45, 2.75) is 20.8 Å². The molecule has 0 aliphatic heterocycles. The van der Waals surface area contributed by atoms with Gasteiger partial charge in [0.2, 0.25) is 5.95 Å². The van der Waals surface area contributed by atoms with Crippen LogP contribution in [-0.4, -0.2) is 30.6 Å². The van der Waals surface area contributed by atoms with Gasteiger partial charge in [0.25, 0.3) is 5.91 Å². The van der Waals surface area contributed by atoms with Gasteiger partial charge in [-0.05, 0) is 44.5 Å². The summed E-state index contributed by atoms with van der Waals surface area (Å²) in [4.78, 5) is 21.0. The SMILES string of the molecule is Cc1nc(NC(=O)c2cccc(-n3cnnc3)c2)nc(C)c1C. The molecule has 0 aliphatic rings. The number of nitrogens with zero attached hydrogens (tertiary/aromatic N) is 5. The first-order valence-electron chi connectivity index (χ1n) is 7.13. The van der Waals surface area contributed by atoms with Gasteiger partial charge in [0, 0.05) is 22.6 Å². The van der Waals surface area contributed by atoms with Crippen molar-refractivity contribution in [1.82, 2.24) is 24.7 Å². The minimum atomic E-state index is -0.262. The Morgan fingerprint density at radius 3 is 2.35 bits per heavy atom. The topological polar surface area (TPSA) is 85.6 Å². The molecule has 2 heterocycles. The third-order valence-electron chi connectivity index (χ3n) is 3.68. The number of hydrogen-bond acceptors (Lipinski definition) is 5. The summed E-state index contributed by atoms with van der Waals surface area (Å²) in [6.07, 6.45) is 3.15. The molecule has 3 aromatic rings. The van der Waals surface area contributed by atoms with Crippen LogP contribution in [0.5, 0.6) is 0 Å². The lowest BCUT2D eigenvalue weighted by Crippen LogP contribution is -2.15. The van der Waals surface area contributed by atoms with Crippen LogP contribution in [0.25, 0.3) is 5.69 Å². The van der Waals surface area contributed by atoms with Gasteiger partial charge >= 0.3 is 0 Å². The van der Waals surface area contributed by atoms with Gasteiger partial charge in [-0.25, -0.2) is 9.97 Å². The maximum absolute atomic E-state index is 12.4. The molecule has 1 amide bonds. The molecule has 0 saturated carbocycles. The standard InChI is InChI=1S/C16H16N6O/c1-10-11(2)19-16(20-12(10)3)21-15(23)13-5-4-6-14(7-13)22-8-17-18-9-22/h4-9H,1-3H3,(H,19,20,21,23). The predicted octanol–water partition coefficient (Wildman–Crippen LogP) is 2.23. The molecule has 0 atom stereocenters. The summed E-state index contributed by atoms with van der Waals surface area (Å²) in [7, 11) is 0. The molecular weight excluding hydrogens is 292 g/mol. The quantitative estimate of drug-likeness (QED) is 0.802. The number of rotatable bonds is 3. The van der Waals surface area contributed by atoms with Gasteiger partial charge in [0.15, 0.2) is 0 Å². The van der Waals surface area contributed by atoms with Crippen LogP contribution in [-0.2, 0) is 0 Å². The first kappa shape index (κ1) is 14.8. The van der Waals surface area contributed by atoms with Gasteiger partial charge in [0.1, 0.15) is 12.7 Å². The van der Waals surface area contributed by atoms with E-state index >= 15 is 0 Å². The summed E-state index contributed by atoms with van der Waals surface area (Å²) in [6, 6.07) is 7.16. The van der Waals surface area contributed by atoms with E-state index in [9.17, 15) is 4.79 Å². The lowest BCUT2D eigenvalue weighted by Gasteiger charge is -2.09. The maximum Gasteiger partial charge on any atom is 0.258 e. The molecule has 3 rings (SSSR count). The summed E-state index contributed by atoms with van der Waals surface area (Å²) >= 11 is 0. The molecule has 0 saturated heterocycles. The minimum absolute atomic E-state index is 0.262. The molecule has 0 radical (unpaired) electrons.